The number of carboxylic acids is 1. The van der Waals surface area contributed by atoms with E-state index in [1.54, 1.807) is 36.0 Å². The van der Waals surface area contributed by atoms with Crippen molar-refractivity contribution < 1.29 is 29.3 Å². The molecule has 10 nitrogen and oxygen atoms in total. The van der Waals surface area contributed by atoms with Crippen LogP contribution in [0.5, 0.6) is 5.75 Å². The molecule has 0 saturated heterocycles. The van der Waals surface area contributed by atoms with Crippen molar-refractivity contribution in [2.24, 2.45) is 7.05 Å². The first-order valence-electron chi connectivity index (χ1n) is 13.1. The molecule has 3 aromatic rings. The lowest BCUT2D eigenvalue weighted by atomic mass is 10.0. The Balaban J connectivity index is 1.70. The maximum atomic E-state index is 12.9. The first-order chi connectivity index (χ1) is 19.1. The van der Waals surface area contributed by atoms with Gasteiger partial charge in [0.2, 0.25) is 5.91 Å². The minimum atomic E-state index is -1.04. The Hall–Kier alpha value is -3.89. The number of carboxylic acid groups (broad SMARTS) is 1. The molecule has 0 spiro atoms. The van der Waals surface area contributed by atoms with E-state index in [0.29, 0.717) is 47.3 Å². The van der Waals surface area contributed by atoms with Gasteiger partial charge >= 0.3 is 5.97 Å². The molecule has 2 atom stereocenters. The van der Waals surface area contributed by atoms with Crippen LogP contribution in [0.15, 0.2) is 48.7 Å². The van der Waals surface area contributed by atoms with Gasteiger partial charge in [0.05, 0.1) is 29.8 Å². The Bertz CT molecular complexity index is 1310. The van der Waals surface area contributed by atoms with E-state index in [4.69, 9.17) is 16.3 Å². The highest BCUT2D eigenvalue weighted by Crippen LogP contribution is 2.26. The number of amides is 2. The number of aryl methyl sites for hydroxylation is 1. The average molecular weight is 571 g/mol. The largest absolute Gasteiger partial charge is 0.492 e. The number of aromatic nitrogens is 2. The number of benzene rings is 2. The molecule has 0 fully saturated rings. The van der Waals surface area contributed by atoms with Gasteiger partial charge in [-0.3, -0.25) is 14.4 Å². The van der Waals surface area contributed by atoms with Crippen LogP contribution in [-0.4, -0.2) is 56.8 Å². The highest BCUT2D eigenvalue weighted by Gasteiger charge is 2.22. The number of carbonyl (C=O) groups excluding carboxylic acids is 2. The van der Waals surface area contributed by atoms with Crippen LogP contribution in [0, 0.1) is 0 Å². The molecule has 3 rings (SSSR count). The Labute approximate surface area is 238 Å². The summed E-state index contributed by atoms with van der Waals surface area (Å²) in [7, 11) is 1.75. The van der Waals surface area contributed by atoms with Gasteiger partial charge in [-0.2, -0.15) is 0 Å². The summed E-state index contributed by atoms with van der Waals surface area (Å²) >= 11 is 6.28. The van der Waals surface area contributed by atoms with Gasteiger partial charge in [0.25, 0.3) is 5.91 Å². The van der Waals surface area contributed by atoms with Crippen LogP contribution in [0.1, 0.15) is 60.9 Å². The Morgan fingerprint density at radius 3 is 2.45 bits per heavy atom. The molecule has 0 radical (unpaired) electrons. The van der Waals surface area contributed by atoms with E-state index in [-0.39, 0.29) is 30.9 Å². The summed E-state index contributed by atoms with van der Waals surface area (Å²) in [4.78, 5) is 40.4. The smallest absolute Gasteiger partial charge is 0.305 e. The maximum absolute atomic E-state index is 12.9. The molecule has 0 saturated carbocycles. The molecule has 0 aliphatic heterocycles. The van der Waals surface area contributed by atoms with Crippen LogP contribution in [0.3, 0.4) is 0 Å². The number of imidazole rings is 1. The van der Waals surface area contributed by atoms with E-state index in [9.17, 15) is 24.6 Å². The van der Waals surface area contributed by atoms with Gasteiger partial charge in [0, 0.05) is 43.9 Å². The van der Waals surface area contributed by atoms with Crippen molar-refractivity contribution in [2.75, 3.05) is 13.2 Å². The number of nitrogens with zero attached hydrogens (tertiary/aromatic N) is 2. The van der Waals surface area contributed by atoms with Gasteiger partial charge in [-0.05, 0) is 43.0 Å². The summed E-state index contributed by atoms with van der Waals surface area (Å²) in [5.74, 6) is -0.716. The summed E-state index contributed by atoms with van der Waals surface area (Å²) in [6.07, 6.45) is 3.20. The minimum absolute atomic E-state index is 0.0872. The van der Waals surface area contributed by atoms with E-state index >= 15 is 0 Å². The number of aliphatic hydroxyl groups excluding tert-OH is 1. The van der Waals surface area contributed by atoms with Crippen LogP contribution in [-0.2, 0) is 23.1 Å². The van der Waals surface area contributed by atoms with Crippen molar-refractivity contribution in [1.82, 2.24) is 20.2 Å². The molecule has 2 amide bonds. The second kappa shape index (κ2) is 14.5. The fourth-order valence-electron chi connectivity index (χ4n) is 4.29. The molecule has 0 aliphatic carbocycles. The van der Waals surface area contributed by atoms with E-state index in [0.717, 1.165) is 17.5 Å². The number of carbonyl (C=O) groups is 3. The first kappa shape index (κ1) is 30.6. The fraction of sp³-hybridized carbons (Fsp3) is 0.379. The van der Waals surface area contributed by atoms with Crippen molar-refractivity contribution in [2.45, 2.75) is 51.6 Å². The van der Waals surface area contributed by atoms with Crippen LogP contribution >= 0.6 is 11.6 Å². The fourth-order valence-corrected chi connectivity index (χ4v) is 4.52. The summed E-state index contributed by atoms with van der Waals surface area (Å²) in [5.41, 5.74) is 2.79. The van der Waals surface area contributed by atoms with Crippen molar-refractivity contribution >= 4 is 29.4 Å². The zero-order valence-electron chi connectivity index (χ0n) is 22.8. The number of aliphatic carboxylic acids is 1. The molecule has 0 aliphatic rings. The molecule has 2 aromatic carbocycles. The molecular weight excluding hydrogens is 536 g/mol. The predicted molar refractivity (Wildman–Crippen MR) is 151 cm³/mol. The first-order valence-corrected chi connectivity index (χ1v) is 13.4. The lowest BCUT2D eigenvalue weighted by Gasteiger charge is -2.18. The van der Waals surface area contributed by atoms with E-state index in [1.807, 2.05) is 31.2 Å². The van der Waals surface area contributed by atoms with Gasteiger partial charge < -0.3 is 30.2 Å². The lowest BCUT2D eigenvalue weighted by molar-refractivity contribution is -0.137. The molecule has 214 valence electrons. The summed E-state index contributed by atoms with van der Waals surface area (Å²) in [6.45, 7) is 3.77. The number of nitrogens with one attached hydrogen (secondary N) is 2. The molecule has 40 heavy (non-hydrogen) atoms. The van der Waals surface area contributed by atoms with E-state index in [1.165, 1.54) is 6.92 Å². The molecule has 4 N–H and O–H groups in total. The topological polar surface area (TPSA) is 143 Å². The summed E-state index contributed by atoms with van der Waals surface area (Å²) in [6, 6.07) is 11.4. The average Bonchev–Trinajstić information content (AvgIpc) is 3.29. The summed E-state index contributed by atoms with van der Waals surface area (Å²) < 4.78 is 7.27. The Morgan fingerprint density at radius 2 is 1.85 bits per heavy atom. The number of hydrogen-bond donors (Lipinski definition) is 4. The quantitative estimate of drug-likeness (QED) is 0.230. The third kappa shape index (κ3) is 8.56. The van der Waals surface area contributed by atoms with Crippen molar-refractivity contribution in [3.05, 3.63) is 70.6 Å². The summed E-state index contributed by atoms with van der Waals surface area (Å²) in [5, 5.41) is 24.8. The second-order valence-electron chi connectivity index (χ2n) is 9.52. The minimum Gasteiger partial charge on any atom is -0.492 e. The molecule has 0 bridgehead atoms. The van der Waals surface area contributed by atoms with Gasteiger partial charge in [0.15, 0.2) is 0 Å². The molecule has 11 heteroatoms. The van der Waals surface area contributed by atoms with Crippen molar-refractivity contribution in [3.8, 4) is 17.0 Å². The lowest BCUT2D eigenvalue weighted by Crippen LogP contribution is -2.37. The van der Waals surface area contributed by atoms with Gasteiger partial charge in [-0.1, -0.05) is 42.8 Å². The standard InChI is InChI=1S/C29H35ClN4O6/c1-4-13-40-26-10-9-21(15-23(26)30)29(39)32-22(11-12-35)14-19-5-7-20(8-6-19)25-17-34(3)28(33-25)24(16-27(37)38)31-18(2)36/h5-10,15,17,22,24,35H,4,11-14,16H2,1-3H3,(H,31,36)(H,32,39)(H,37,38)/t22-,24-/m1/s1. The predicted octanol–water partition coefficient (Wildman–Crippen LogP) is 3.90. The molecular formula is C29H35ClN4O6. The maximum Gasteiger partial charge on any atom is 0.305 e. The molecule has 0 unspecified atom stereocenters. The highest BCUT2D eigenvalue weighted by atomic mass is 35.5. The van der Waals surface area contributed by atoms with Crippen molar-refractivity contribution in [3.63, 3.8) is 0 Å². The van der Waals surface area contributed by atoms with Crippen molar-refractivity contribution in [1.29, 1.82) is 0 Å². The third-order valence-corrected chi connectivity index (χ3v) is 6.48. The Morgan fingerprint density at radius 1 is 1.12 bits per heavy atom. The number of hydrogen-bond acceptors (Lipinski definition) is 6. The monoisotopic (exact) mass is 570 g/mol. The van der Waals surface area contributed by atoms with Gasteiger partial charge in [-0.15, -0.1) is 0 Å². The highest BCUT2D eigenvalue weighted by molar-refractivity contribution is 6.32. The van der Waals surface area contributed by atoms with Crippen LogP contribution < -0.4 is 15.4 Å². The zero-order valence-corrected chi connectivity index (χ0v) is 23.6. The van der Waals surface area contributed by atoms with Crippen LogP contribution in [0.2, 0.25) is 5.02 Å². The number of halogens is 1. The Kier molecular flexibility index (Phi) is 11.1. The second-order valence-corrected chi connectivity index (χ2v) is 9.93. The van der Waals surface area contributed by atoms with E-state index in [2.05, 4.69) is 15.6 Å². The SMILES string of the molecule is CCCOc1ccc(C(=O)N[C@H](CCO)Cc2ccc(-c3cn(C)c([C@@H](CC(=O)O)NC(C)=O)n3)cc2)cc1Cl. The molecule has 1 aromatic heterocycles. The third-order valence-electron chi connectivity index (χ3n) is 6.18. The number of rotatable bonds is 14. The zero-order chi connectivity index (χ0) is 29.2. The van der Waals surface area contributed by atoms with Crippen LogP contribution in [0.4, 0.5) is 0 Å². The normalized spacial score (nSPS) is 12.4. The van der Waals surface area contributed by atoms with Gasteiger partial charge in [0.1, 0.15) is 11.6 Å². The number of aliphatic hydroxyl groups is 1. The van der Waals surface area contributed by atoms with Gasteiger partial charge in [-0.25, -0.2) is 4.98 Å². The van der Waals surface area contributed by atoms with Crippen LogP contribution in [0.25, 0.3) is 11.3 Å². The number of ether oxygens (including phenoxy) is 1. The molecule has 1 heterocycles. The van der Waals surface area contributed by atoms with E-state index < -0.39 is 12.0 Å².